The van der Waals surface area contributed by atoms with Crippen molar-refractivity contribution in [2.45, 2.75) is 25.8 Å². The van der Waals surface area contributed by atoms with Crippen LogP contribution in [0.25, 0.3) is 0 Å². The Balaban J connectivity index is 1.50. The van der Waals surface area contributed by atoms with Crippen LogP contribution in [0.1, 0.15) is 35.2 Å². The molecule has 0 aliphatic carbocycles. The number of amides is 2. The zero-order chi connectivity index (χ0) is 19.7. The molecule has 7 heteroatoms. The van der Waals surface area contributed by atoms with Crippen molar-refractivity contribution in [3.8, 4) is 5.75 Å². The van der Waals surface area contributed by atoms with Gasteiger partial charge >= 0.3 is 0 Å². The third-order valence-electron chi connectivity index (χ3n) is 5.85. The smallest absolute Gasteiger partial charge is 0.254 e. The fourth-order valence-electron chi connectivity index (χ4n) is 4.30. The number of hydrogen-bond acceptors (Lipinski definition) is 4. The summed E-state index contributed by atoms with van der Waals surface area (Å²) in [6.07, 6.45) is 2.30. The molecule has 2 aromatic rings. The van der Waals surface area contributed by atoms with Crippen molar-refractivity contribution in [2.24, 2.45) is 5.41 Å². The van der Waals surface area contributed by atoms with Crippen molar-refractivity contribution < 1.29 is 18.7 Å². The van der Waals surface area contributed by atoms with Gasteiger partial charge < -0.3 is 14.5 Å². The van der Waals surface area contributed by atoms with Gasteiger partial charge in [0, 0.05) is 37.1 Å². The molecule has 2 fully saturated rings. The van der Waals surface area contributed by atoms with E-state index < -0.39 is 5.41 Å². The molecule has 28 heavy (non-hydrogen) atoms. The number of rotatable bonds is 4. The molecule has 3 heterocycles. The van der Waals surface area contributed by atoms with Gasteiger partial charge in [-0.15, -0.1) is 0 Å². The Labute approximate surface area is 167 Å². The Morgan fingerprint density at radius 3 is 2.89 bits per heavy atom. The van der Waals surface area contributed by atoms with E-state index in [2.05, 4.69) is 0 Å². The quantitative estimate of drug-likeness (QED) is 0.786. The first-order chi connectivity index (χ1) is 13.5. The highest BCUT2D eigenvalue weighted by atomic mass is 32.1. The van der Waals surface area contributed by atoms with Gasteiger partial charge in [0.05, 0.1) is 18.1 Å². The van der Waals surface area contributed by atoms with Gasteiger partial charge in [0.15, 0.2) is 0 Å². The number of piperidine rings is 1. The average molecular weight is 402 g/mol. The van der Waals surface area contributed by atoms with Gasteiger partial charge in [-0.3, -0.25) is 9.59 Å². The van der Waals surface area contributed by atoms with E-state index in [0.29, 0.717) is 42.9 Å². The van der Waals surface area contributed by atoms with Gasteiger partial charge in [0.25, 0.3) is 5.91 Å². The van der Waals surface area contributed by atoms with Crippen molar-refractivity contribution in [1.29, 1.82) is 0 Å². The fraction of sp³-hybridized carbons (Fsp3) is 0.429. The number of nitrogens with zero attached hydrogens (tertiary/aromatic N) is 2. The lowest BCUT2D eigenvalue weighted by Crippen LogP contribution is -2.50. The standard InChI is InChI=1S/C21H23FN2O3S/c1-27-17-3-4-18(22)16(11-17)12-23-8-2-6-21(20(23)26)7-9-24(14-21)19(25)15-5-10-28-13-15/h3-5,10-11,13H,2,6-9,12,14H2,1H3/t21-/m0/s1. The van der Waals surface area contributed by atoms with E-state index in [1.54, 1.807) is 21.9 Å². The van der Waals surface area contributed by atoms with Gasteiger partial charge in [-0.2, -0.15) is 11.3 Å². The fourth-order valence-corrected chi connectivity index (χ4v) is 4.93. The maximum Gasteiger partial charge on any atom is 0.254 e. The highest BCUT2D eigenvalue weighted by molar-refractivity contribution is 7.08. The number of methoxy groups -OCH3 is 1. The molecule has 0 saturated carbocycles. The van der Waals surface area contributed by atoms with E-state index in [1.165, 1.54) is 24.5 Å². The first kappa shape index (κ1) is 18.9. The van der Waals surface area contributed by atoms with Crippen LogP contribution >= 0.6 is 11.3 Å². The number of carbonyl (C=O) groups is 2. The highest BCUT2D eigenvalue weighted by Crippen LogP contribution is 2.41. The second kappa shape index (κ2) is 7.54. The topological polar surface area (TPSA) is 49.9 Å². The first-order valence-corrected chi connectivity index (χ1v) is 10.4. The molecule has 0 bridgehead atoms. The zero-order valence-corrected chi connectivity index (χ0v) is 16.6. The Hall–Kier alpha value is -2.41. The number of benzene rings is 1. The number of ether oxygens (including phenoxy) is 1. The van der Waals surface area contributed by atoms with Crippen LogP contribution in [0.2, 0.25) is 0 Å². The maximum absolute atomic E-state index is 14.2. The van der Waals surface area contributed by atoms with Crippen LogP contribution in [-0.2, 0) is 11.3 Å². The van der Waals surface area contributed by atoms with Gasteiger partial charge in [0.1, 0.15) is 11.6 Å². The molecule has 5 nitrogen and oxygen atoms in total. The van der Waals surface area contributed by atoms with E-state index in [0.717, 1.165) is 12.8 Å². The molecular weight excluding hydrogens is 379 g/mol. The molecule has 148 valence electrons. The minimum Gasteiger partial charge on any atom is -0.497 e. The van der Waals surface area contributed by atoms with Crippen LogP contribution in [0.5, 0.6) is 5.75 Å². The molecule has 1 aromatic carbocycles. The van der Waals surface area contributed by atoms with Crippen LogP contribution in [0, 0.1) is 11.2 Å². The van der Waals surface area contributed by atoms with Crippen LogP contribution in [0.4, 0.5) is 4.39 Å². The highest BCUT2D eigenvalue weighted by Gasteiger charge is 2.49. The van der Waals surface area contributed by atoms with Crippen LogP contribution in [-0.4, -0.2) is 48.4 Å². The third-order valence-corrected chi connectivity index (χ3v) is 6.53. The summed E-state index contributed by atoms with van der Waals surface area (Å²) in [7, 11) is 1.54. The molecule has 4 rings (SSSR count). The largest absolute Gasteiger partial charge is 0.497 e. The van der Waals surface area contributed by atoms with E-state index in [-0.39, 0.29) is 24.2 Å². The molecule has 2 aliphatic rings. The second-order valence-electron chi connectivity index (χ2n) is 7.56. The molecule has 0 radical (unpaired) electrons. The Morgan fingerprint density at radius 2 is 2.14 bits per heavy atom. The molecule has 2 amide bonds. The SMILES string of the molecule is COc1ccc(F)c(CN2CCC[C@@]3(CCN(C(=O)c4ccsc4)C3)C2=O)c1. The molecule has 0 N–H and O–H groups in total. The minimum absolute atomic E-state index is 0.0121. The van der Waals surface area contributed by atoms with Crippen LogP contribution in [0.15, 0.2) is 35.0 Å². The number of thiophene rings is 1. The summed E-state index contributed by atoms with van der Waals surface area (Å²) in [5.74, 6) is 0.251. The molecule has 2 saturated heterocycles. The lowest BCUT2D eigenvalue weighted by molar-refractivity contribution is -0.146. The predicted octanol–water partition coefficient (Wildman–Crippen LogP) is 3.55. The molecule has 1 aromatic heterocycles. The molecule has 1 spiro atoms. The van der Waals surface area contributed by atoms with Crippen molar-refractivity contribution in [3.63, 3.8) is 0 Å². The number of halogens is 1. The summed E-state index contributed by atoms with van der Waals surface area (Å²) in [5, 5.41) is 3.73. The van der Waals surface area contributed by atoms with E-state index in [4.69, 9.17) is 4.74 Å². The van der Waals surface area contributed by atoms with Crippen LogP contribution in [0.3, 0.4) is 0 Å². The van der Waals surface area contributed by atoms with Crippen molar-refractivity contribution in [1.82, 2.24) is 9.80 Å². The Bertz CT molecular complexity index is 886. The summed E-state index contributed by atoms with van der Waals surface area (Å²) in [5.41, 5.74) is 0.591. The van der Waals surface area contributed by atoms with Crippen molar-refractivity contribution >= 4 is 23.2 Å². The second-order valence-corrected chi connectivity index (χ2v) is 8.34. The van der Waals surface area contributed by atoms with Crippen molar-refractivity contribution in [2.75, 3.05) is 26.7 Å². The van der Waals surface area contributed by atoms with Gasteiger partial charge in [0.2, 0.25) is 5.91 Å². The zero-order valence-electron chi connectivity index (χ0n) is 15.8. The summed E-state index contributed by atoms with van der Waals surface area (Å²) < 4.78 is 19.4. The Kier molecular flexibility index (Phi) is 5.10. The molecule has 2 aliphatic heterocycles. The van der Waals surface area contributed by atoms with Gasteiger partial charge in [-0.05, 0) is 48.9 Å². The molecule has 0 unspecified atom stereocenters. The normalized spacial score (nSPS) is 22.1. The van der Waals surface area contributed by atoms with E-state index >= 15 is 0 Å². The van der Waals surface area contributed by atoms with E-state index in [9.17, 15) is 14.0 Å². The first-order valence-electron chi connectivity index (χ1n) is 9.46. The summed E-state index contributed by atoms with van der Waals surface area (Å²) >= 11 is 1.49. The Morgan fingerprint density at radius 1 is 1.29 bits per heavy atom. The predicted molar refractivity (Wildman–Crippen MR) is 105 cm³/mol. The third kappa shape index (κ3) is 3.39. The minimum atomic E-state index is -0.542. The van der Waals surface area contributed by atoms with Crippen molar-refractivity contribution in [3.05, 3.63) is 52.0 Å². The lowest BCUT2D eigenvalue weighted by Gasteiger charge is -2.39. The summed E-state index contributed by atoms with van der Waals surface area (Å²) in [6, 6.07) is 6.40. The summed E-state index contributed by atoms with van der Waals surface area (Å²) in [6.45, 7) is 1.86. The van der Waals surface area contributed by atoms with Crippen LogP contribution < -0.4 is 4.74 Å². The van der Waals surface area contributed by atoms with Gasteiger partial charge in [-0.25, -0.2) is 4.39 Å². The van der Waals surface area contributed by atoms with E-state index in [1.807, 2.05) is 16.8 Å². The molecule has 1 atom stereocenters. The maximum atomic E-state index is 14.2. The number of likely N-dealkylation sites (tertiary alicyclic amines) is 2. The molecular formula is C21H23FN2O3S. The number of carbonyl (C=O) groups excluding carboxylic acids is 2. The lowest BCUT2D eigenvalue weighted by atomic mass is 9.78. The number of hydrogen-bond donors (Lipinski definition) is 0. The average Bonchev–Trinajstić information content (AvgIpc) is 3.38. The van der Waals surface area contributed by atoms with Gasteiger partial charge in [-0.1, -0.05) is 0 Å². The summed E-state index contributed by atoms with van der Waals surface area (Å²) in [4.78, 5) is 29.5. The monoisotopic (exact) mass is 402 g/mol.